The van der Waals surface area contributed by atoms with Crippen LogP contribution in [0.4, 0.5) is 0 Å². The van der Waals surface area contributed by atoms with E-state index in [2.05, 4.69) is 0 Å². The number of aliphatic hydroxyl groups is 1. The molecule has 1 saturated heterocycles. The predicted molar refractivity (Wildman–Crippen MR) is 46.6 cm³/mol. The van der Waals surface area contributed by atoms with E-state index >= 15 is 0 Å². The predicted octanol–water partition coefficient (Wildman–Crippen LogP) is 0.129. The molecule has 0 unspecified atom stereocenters. The van der Waals surface area contributed by atoms with Crippen molar-refractivity contribution in [1.82, 2.24) is 4.90 Å². The average molecular weight is 182 g/mol. The largest absolute Gasteiger partial charge is 0.393 e. The first-order chi connectivity index (χ1) is 6.15. The van der Waals surface area contributed by atoms with Gasteiger partial charge in [0.25, 0.3) is 0 Å². The van der Waals surface area contributed by atoms with Gasteiger partial charge in [0.2, 0.25) is 5.91 Å². The number of nitrogens with zero attached hydrogens (tertiary/aromatic N) is 2. The number of hydrogen-bond acceptors (Lipinski definition) is 3. The molecule has 0 aromatic carbocycles. The monoisotopic (exact) mass is 182 g/mol. The van der Waals surface area contributed by atoms with Gasteiger partial charge in [-0.1, -0.05) is 6.92 Å². The van der Waals surface area contributed by atoms with Gasteiger partial charge in [0, 0.05) is 13.1 Å². The van der Waals surface area contributed by atoms with Crippen molar-refractivity contribution >= 4 is 5.91 Å². The summed E-state index contributed by atoms with van der Waals surface area (Å²) >= 11 is 0. The fourth-order valence-electron chi connectivity index (χ4n) is 1.54. The fraction of sp³-hybridized carbons (Fsp3) is 0.778. The molecule has 4 heteroatoms. The lowest BCUT2D eigenvalue weighted by atomic mass is 9.96. The van der Waals surface area contributed by atoms with Gasteiger partial charge in [-0.25, -0.2) is 0 Å². The molecule has 2 atom stereocenters. The summed E-state index contributed by atoms with van der Waals surface area (Å²) in [5.74, 6) is -0.00218. The third-order valence-electron chi connectivity index (χ3n) is 2.44. The van der Waals surface area contributed by atoms with Crippen LogP contribution in [0.15, 0.2) is 0 Å². The summed E-state index contributed by atoms with van der Waals surface area (Å²) in [6.45, 7) is 3.06. The summed E-state index contributed by atoms with van der Waals surface area (Å²) in [6.07, 6.45) is 0.271. The maximum Gasteiger partial charge on any atom is 0.236 e. The van der Waals surface area contributed by atoms with E-state index < -0.39 is 0 Å². The summed E-state index contributed by atoms with van der Waals surface area (Å²) < 4.78 is 0. The number of nitriles is 1. The van der Waals surface area contributed by atoms with Crippen LogP contribution in [0, 0.1) is 17.2 Å². The number of carbonyl (C=O) groups excluding carboxylic acids is 1. The summed E-state index contributed by atoms with van der Waals surface area (Å²) in [7, 11) is 0. The molecule has 1 fully saturated rings. The Morgan fingerprint density at radius 1 is 1.77 bits per heavy atom. The van der Waals surface area contributed by atoms with Crippen molar-refractivity contribution in [2.75, 3.05) is 13.1 Å². The molecular formula is C9H14N2O2. The number of rotatable bonds is 1. The van der Waals surface area contributed by atoms with Crippen LogP contribution >= 0.6 is 0 Å². The molecule has 72 valence electrons. The number of carbonyl (C=O) groups is 1. The molecule has 1 heterocycles. The Kier molecular flexibility index (Phi) is 3.26. The van der Waals surface area contributed by atoms with Crippen LogP contribution in [-0.2, 0) is 4.79 Å². The molecule has 1 aliphatic heterocycles. The third-order valence-corrected chi connectivity index (χ3v) is 2.44. The average Bonchev–Trinajstić information content (AvgIpc) is 2.10. The van der Waals surface area contributed by atoms with Gasteiger partial charge in [-0.2, -0.15) is 5.26 Å². The highest BCUT2D eigenvalue weighted by molar-refractivity contribution is 5.78. The Morgan fingerprint density at radius 3 is 3.00 bits per heavy atom. The molecule has 1 aliphatic rings. The summed E-state index contributed by atoms with van der Waals surface area (Å²) in [5, 5.41) is 17.7. The molecule has 4 nitrogen and oxygen atoms in total. The van der Waals surface area contributed by atoms with Crippen molar-refractivity contribution in [3.8, 4) is 6.07 Å². The van der Waals surface area contributed by atoms with Crippen molar-refractivity contribution in [2.45, 2.75) is 25.9 Å². The van der Waals surface area contributed by atoms with Gasteiger partial charge in [-0.05, 0) is 12.3 Å². The van der Waals surface area contributed by atoms with E-state index in [1.54, 1.807) is 4.90 Å². The van der Waals surface area contributed by atoms with Crippen LogP contribution < -0.4 is 0 Å². The van der Waals surface area contributed by atoms with Crippen LogP contribution in [-0.4, -0.2) is 35.1 Å². The second-order valence-corrected chi connectivity index (χ2v) is 3.51. The Hall–Kier alpha value is -1.08. The molecule has 1 amide bonds. The lowest BCUT2D eigenvalue weighted by Crippen LogP contribution is -2.44. The van der Waals surface area contributed by atoms with Gasteiger partial charge in [-0.3, -0.25) is 4.79 Å². The Morgan fingerprint density at radius 2 is 2.46 bits per heavy atom. The summed E-state index contributed by atoms with van der Waals surface area (Å²) in [6, 6.07) is 1.84. The smallest absolute Gasteiger partial charge is 0.236 e. The van der Waals surface area contributed by atoms with E-state index in [4.69, 9.17) is 5.26 Å². The topological polar surface area (TPSA) is 64.3 Å². The van der Waals surface area contributed by atoms with E-state index in [1.807, 2.05) is 13.0 Å². The van der Waals surface area contributed by atoms with Crippen molar-refractivity contribution < 1.29 is 9.90 Å². The molecule has 0 spiro atoms. The number of likely N-dealkylation sites (tertiary alicyclic amines) is 1. The Balaban J connectivity index is 2.46. The molecule has 0 aliphatic carbocycles. The van der Waals surface area contributed by atoms with Crippen LogP contribution in [0.1, 0.15) is 19.8 Å². The zero-order chi connectivity index (χ0) is 9.84. The standard InChI is InChI=1S/C9H14N2O2/c1-7-6-11(5-3-8(7)12)9(13)2-4-10/h7-8,12H,2-3,5-6H2,1H3/t7-,8-/m0/s1. The Bertz CT molecular complexity index is 234. The van der Waals surface area contributed by atoms with Crippen molar-refractivity contribution in [3.05, 3.63) is 0 Å². The fourth-order valence-corrected chi connectivity index (χ4v) is 1.54. The molecular weight excluding hydrogens is 168 g/mol. The molecule has 0 saturated carbocycles. The first kappa shape index (κ1) is 10.0. The van der Waals surface area contributed by atoms with E-state index in [1.165, 1.54) is 0 Å². The first-order valence-electron chi connectivity index (χ1n) is 4.48. The molecule has 0 aromatic rings. The second-order valence-electron chi connectivity index (χ2n) is 3.51. The number of piperidine rings is 1. The van der Waals surface area contributed by atoms with Gasteiger partial charge in [-0.15, -0.1) is 0 Å². The van der Waals surface area contributed by atoms with E-state index in [9.17, 15) is 9.90 Å². The van der Waals surface area contributed by atoms with Gasteiger partial charge >= 0.3 is 0 Å². The minimum atomic E-state index is -0.300. The molecule has 13 heavy (non-hydrogen) atoms. The van der Waals surface area contributed by atoms with Crippen molar-refractivity contribution in [3.63, 3.8) is 0 Å². The minimum Gasteiger partial charge on any atom is -0.393 e. The van der Waals surface area contributed by atoms with Crippen LogP contribution in [0.3, 0.4) is 0 Å². The van der Waals surface area contributed by atoms with Crippen molar-refractivity contribution in [1.29, 1.82) is 5.26 Å². The highest BCUT2D eigenvalue weighted by Gasteiger charge is 2.26. The number of amides is 1. The highest BCUT2D eigenvalue weighted by atomic mass is 16.3. The summed E-state index contributed by atoms with van der Waals surface area (Å²) in [5.41, 5.74) is 0. The maximum atomic E-state index is 11.3. The minimum absolute atomic E-state index is 0.0528. The van der Waals surface area contributed by atoms with Crippen LogP contribution in [0.5, 0.6) is 0 Å². The van der Waals surface area contributed by atoms with E-state index in [0.29, 0.717) is 19.5 Å². The first-order valence-corrected chi connectivity index (χ1v) is 4.48. The molecule has 0 bridgehead atoms. The van der Waals surface area contributed by atoms with Crippen molar-refractivity contribution in [2.24, 2.45) is 5.92 Å². The van der Waals surface area contributed by atoms with E-state index in [-0.39, 0.29) is 24.3 Å². The van der Waals surface area contributed by atoms with E-state index in [0.717, 1.165) is 0 Å². The normalized spacial score (nSPS) is 28.2. The van der Waals surface area contributed by atoms with Gasteiger partial charge in [0.15, 0.2) is 0 Å². The van der Waals surface area contributed by atoms with Gasteiger partial charge < -0.3 is 10.0 Å². The molecule has 1 rings (SSSR count). The van der Waals surface area contributed by atoms with Crippen LogP contribution in [0.2, 0.25) is 0 Å². The summed E-state index contributed by atoms with van der Waals surface area (Å²) in [4.78, 5) is 12.9. The zero-order valence-corrected chi connectivity index (χ0v) is 7.73. The highest BCUT2D eigenvalue weighted by Crippen LogP contribution is 2.16. The SMILES string of the molecule is C[C@H]1CN(C(=O)CC#N)CC[C@@H]1O. The number of hydrogen-bond donors (Lipinski definition) is 1. The second kappa shape index (κ2) is 4.24. The van der Waals surface area contributed by atoms with Crippen LogP contribution in [0.25, 0.3) is 0 Å². The maximum absolute atomic E-state index is 11.3. The number of aliphatic hydroxyl groups excluding tert-OH is 1. The molecule has 1 N–H and O–H groups in total. The van der Waals surface area contributed by atoms with Gasteiger partial charge in [0.05, 0.1) is 12.2 Å². The Labute approximate surface area is 77.8 Å². The lowest BCUT2D eigenvalue weighted by molar-refractivity contribution is -0.133. The molecule has 0 radical (unpaired) electrons. The molecule has 0 aromatic heterocycles. The lowest BCUT2D eigenvalue weighted by Gasteiger charge is -2.33. The van der Waals surface area contributed by atoms with Gasteiger partial charge in [0.1, 0.15) is 6.42 Å². The third kappa shape index (κ3) is 2.43. The zero-order valence-electron chi connectivity index (χ0n) is 7.73. The quantitative estimate of drug-likeness (QED) is 0.627.